The van der Waals surface area contributed by atoms with Gasteiger partial charge in [0.1, 0.15) is 0 Å². The van der Waals surface area contributed by atoms with Gasteiger partial charge in [-0.2, -0.15) is 0 Å². The molecule has 0 spiro atoms. The Labute approximate surface area is 133 Å². The normalized spacial score (nSPS) is 16.7. The molecule has 1 aliphatic rings. The Morgan fingerprint density at radius 2 is 2.05 bits per heavy atom. The number of carbonyl (C=O) groups is 2. The van der Waals surface area contributed by atoms with Crippen molar-refractivity contribution in [2.24, 2.45) is 11.7 Å². The van der Waals surface area contributed by atoms with Gasteiger partial charge in [0.25, 0.3) is 0 Å². The predicted octanol–water partition coefficient (Wildman–Crippen LogP) is 1.89. The van der Waals surface area contributed by atoms with Crippen LogP contribution in [0.15, 0.2) is 22.7 Å². The molecule has 1 saturated heterocycles. The summed E-state index contributed by atoms with van der Waals surface area (Å²) < 4.78 is 0.992. The quantitative estimate of drug-likeness (QED) is 0.867. The predicted molar refractivity (Wildman–Crippen MR) is 85.9 cm³/mol. The lowest BCUT2D eigenvalue weighted by Gasteiger charge is -2.29. The van der Waals surface area contributed by atoms with Crippen molar-refractivity contribution < 1.29 is 9.59 Å². The van der Waals surface area contributed by atoms with Crippen molar-refractivity contribution in [1.29, 1.82) is 0 Å². The molecule has 21 heavy (non-hydrogen) atoms. The van der Waals surface area contributed by atoms with Crippen LogP contribution in [-0.2, 0) is 9.59 Å². The van der Waals surface area contributed by atoms with E-state index in [0.717, 1.165) is 41.7 Å². The van der Waals surface area contributed by atoms with E-state index in [-0.39, 0.29) is 17.7 Å². The molecule has 5 nitrogen and oxygen atoms in total. The molecule has 0 radical (unpaired) electrons. The molecular weight excluding hydrogens is 334 g/mol. The molecule has 1 fully saturated rings. The van der Waals surface area contributed by atoms with Crippen LogP contribution < -0.4 is 11.1 Å². The summed E-state index contributed by atoms with van der Waals surface area (Å²) in [5.74, 6) is -0.305. The zero-order valence-corrected chi connectivity index (χ0v) is 13.6. The number of primary amides is 1. The number of carbonyl (C=O) groups excluding carboxylic acids is 2. The summed E-state index contributed by atoms with van der Waals surface area (Å²) in [6.07, 6.45) is 1.47. The summed E-state index contributed by atoms with van der Waals surface area (Å²) in [5.41, 5.74) is 7.15. The highest BCUT2D eigenvalue weighted by atomic mass is 79.9. The third-order valence-electron chi connectivity index (χ3n) is 3.82. The van der Waals surface area contributed by atoms with Crippen molar-refractivity contribution in [3.05, 3.63) is 28.2 Å². The molecule has 3 N–H and O–H groups in total. The third kappa shape index (κ3) is 4.54. The van der Waals surface area contributed by atoms with Gasteiger partial charge in [-0.25, -0.2) is 0 Å². The van der Waals surface area contributed by atoms with Crippen molar-refractivity contribution in [2.75, 3.05) is 25.0 Å². The molecule has 0 aliphatic carbocycles. The van der Waals surface area contributed by atoms with E-state index in [9.17, 15) is 9.59 Å². The fourth-order valence-electron chi connectivity index (χ4n) is 2.54. The fraction of sp³-hybridized carbons (Fsp3) is 0.467. The number of amides is 2. The number of nitrogens with zero attached hydrogens (tertiary/aromatic N) is 1. The molecule has 0 unspecified atom stereocenters. The van der Waals surface area contributed by atoms with Crippen molar-refractivity contribution in [3.8, 4) is 0 Å². The number of anilines is 1. The largest absolute Gasteiger partial charge is 0.369 e. The van der Waals surface area contributed by atoms with Gasteiger partial charge in [-0.3, -0.25) is 14.5 Å². The topological polar surface area (TPSA) is 75.4 Å². The molecule has 1 aromatic carbocycles. The van der Waals surface area contributed by atoms with E-state index < -0.39 is 0 Å². The summed E-state index contributed by atoms with van der Waals surface area (Å²) in [5, 5.41) is 2.93. The molecule has 114 valence electrons. The highest BCUT2D eigenvalue weighted by molar-refractivity contribution is 9.10. The lowest BCUT2D eigenvalue weighted by Crippen LogP contribution is -2.42. The van der Waals surface area contributed by atoms with E-state index in [2.05, 4.69) is 26.1 Å². The second kappa shape index (κ2) is 7.04. The third-order valence-corrected chi connectivity index (χ3v) is 4.31. The van der Waals surface area contributed by atoms with Crippen LogP contribution in [0.5, 0.6) is 0 Å². The number of nitrogens with two attached hydrogens (primary N) is 1. The fourth-order valence-corrected chi connectivity index (χ4v) is 3.01. The van der Waals surface area contributed by atoms with Gasteiger partial charge < -0.3 is 11.1 Å². The number of likely N-dealkylation sites (tertiary alicyclic amines) is 1. The minimum Gasteiger partial charge on any atom is -0.369 e. The van der Waals surface area contributed by atoms with Crippen molar-refractivity contribution in [1.82, 2.24) is 4.90 Å². The van der Waals surface area contributed by atoms with Crippen LogP contribution in [0.3, 0.4) is 0 Å². The minimum atomic E-state index is -0.232. The number of benzene rings is 1. The molecule has 0 saturated carbocycles. The van der Waals surface area contributed by atoms with E-state index in [1.165, 1.54) is 0 Å². The Morgan fingerprint density at radius 3 is 2.62 bits per heavy atom. The number of hydrogen-bond acceptors (Lipinski definition) is 3. The standard InChI is InChI=1S/C15H20BrN3O2/c1-10-8-12(16)2-3-13(10)18-14(20)9-19-6-4-11(5-7-19)15(17)21/h2-3,8,11H,4-7,9H2,1H3,(H2,17,21)(H,18,20). The molecule has 2 amide bonds. The van der Waals surface area contributed by atoms with Crippen LogP contribution in [0.4, 0.5) is 5.69 Å². The lowest BCUT2D eigenvalue weighted by atomic mass is 9.96. The van der Waals surface area contributed by atoms with Crippen LogP contribution in [0.25, 0.3) is 0 Å². The highest BCUT2D eigenvalue weighted by Gasteiger charge is 2.24. The first-order valence-corrected chi connectivity index (χ1v) is 7.82. The smallest absolute Gasteiger partial charge is 0.238 e. The van der Waals surface area contributed by atoms with Crippen LogP contribution >= 0.6 is 15.9 Å². The van der Waals surface area contributed by atoms with Crippen molar-refractivity contribution in [2.45, 2.75) is 19.8 Å². The van der Waals surface area contributed by atoms with Gasteiger partial charge in [0.15, 0.2) is 0 Å². The second-order valence-electron chi connectivity index (χ2n) is 5.46. The Bertz CT molecular complexity index is 540. The Hall–Kier alpha value is -1.40. The van der Waals surface area contributed by atoms with Gasteiger partial charge in [0.05, 0.1) is 6.54 Å². The van der Waals surface area contributed by atoms with Gasteiger partial charge in [0, 0.05) is 16.1 Å². The van der Waals surface area contributed by atoms with E-state index in [0.29, 0.717) is 6.54 Å². The van der Waals surface area contributed by atoms with Gasteiger partial charge in [0.2, 0.25) is 11.8 Å². The SMILES string of the molecule is Cc1cc(Br)ccc1NC(=O)CN1CCC(C(N)=O)CC1. The molecular formula is C15H20BrN3O2. The minimum absolute atomic E-state index is 0.0297. The van der Waals surface area contributed by atoms with Crippen LogP contribution in [0, 0.1) is 12.8 Å². The maximum Gasteiger partial charge on any atom is 0.238 e. The first kappa shape index (κ1) is 16.0. The van der Waals surface area contributed by atoms with Crippen LogP contribution in [0.2, 0.25) is 0 Å². The van der Waals surface area contributed by atoms with E-state index in [4.69, 9.17) is 5.73 Å². The number of hydrogen-bond donors (Lipinski definition) is 2. The first-order valence-electron chi connectivity index (χ1n) is 7.03. The van der Waals surface area contributed by atoms with Crippen molar-refractivity contribution in [3.63, 3.8) is 0 Å². The van der Waals surface area contributed by atoms with Gasteiger partial charge in [-0.1, -0.05) is 15.9 Å². The molecule has 6 heteroatoms. The molecule has 0 aromatic heterocycles. The number of nitrogens with one attached hydrogen (secondary N) is 1. The summed E-state index contributed by atoms with van der Waals surface area (Å²) in [6.45, 7) is 3.78. The number of piperidine rings is 1. The maximum absolute atomic E-state index is 12.1. The maximum atomic E-state index is 12.1. The van der Waals surface area contributed by atoms with Gasteiger partial charge in [-0.15, -0.1) is 0 Å². The Balaban J connectivity index is 1.84. The van der Waals surface area contributed by atoms with Crippen molar-refractivity contribution >= 4 is 33.4 Å². The molecule has 0 bridgehead atoms. The summed E-state index contributed by atoms with van der Waals surface area (Å²) >= 11 is 3.40. The number of rotatable bonds is 4. The summed E-state index contributed by atoms with van der Waals surface area (Å²) in [7, 11) is 0. The molecule has 1 aliphatic heterocycles. The van der Waals surface area contributed by atoms with E-state index in [1.54, 1.807) is 0 Å². The van der Waals surface area contributed by atoms with E-state index >= 15 is 0 Å². The monoisotopic (exact) mass is 353 g/mol. The zero-order valence-electron chi connectivity index (χ0n) is 12.1. The molecule has 2 rings (SSSR count). The van der Waals surface area contributed by atoms with Gasteiger partial charge >= 0.3 is 0 Å². The average molecular weight is 354 g/mol. The lowest BCUT2D eigenvalue weighted by molar-refractivity contribution is -0.123. The Morgan fingerprint density at radius 1 is 1.38 bits per heavy atom. The molecule has 1 aromatic rings. The number of aryl methyl sites for hydroxylation is 1. The van der Waals surface area contributed by atoms with E-state index in [1.807, 2.05) is 25.1 Å². The Kier molecular flexibility index (Phi) is 5.36. The second-order valence-corrected chi connectivity index (χ2v) is 6.38. The number of halogens is 1. The first-order chi connectivity index (χ1) is 9.95. The average Bonchev–Trinajstić information content (AvgIpc) is 2.42. The van der Waals surface area contributed by atoms with Crippen LogP contribution in [-0.4, -0.2) is 36.3 Å². The van der Waals surface area contributed by atoms with Crippen LogP contribution in [0.1, 0.15) is 18.4 Å². The summed E-state index contributed by atoms with van der Waals surface area (Å²) in [6, 6.07) is 5.76. The summed E-state index contributed by atoms with van der Waals surface area (Å²) in [4.78, 5) is 25.2. The molecule has 0 atom stereocenters. The highest BCUT2D eigenvalue weighted by Crippen LogP contribution is 2.20. The van der Waals surface area contributed by atoms with Gasteiger partial charge in [-0.05, 0) is 56.6 Å². The molecule has 1 heterocycles. The zero-order chi connectivity index (χ0) is 15.4.